The summed E-state index contributed by atoms with van der Waals surface area (Å²) < 4.78 is 7.56. The second-order valence-corrected chi connectivity index (χ2v) is 7.82. The third kappa shape index (κ3) is 3.04. The van der Waals surface area contributed by atoms with Crippen molar-refractivity contribution in [3.8, 4) is 22.2 Å². The normalized spacial score (nSPS) is 14.0. The van der Waals surface area contributed by atoms with Crippen LogP contribution < -0.4 is 0 Å². The van der Waals surface area contributed by atoms with Crippen molar-refractivity contribution < 1.29 is 4.52 Å². The van der Waals surface area contributed by atoms with Gasteiger partial charge in [-0.1, -0.05) is 23.0 Å². The fourth-order valence-electron chi connectivity index (χ4n) is 2.67. The van der Waals surface area contributed by atoms with Gasteiger partial charge < -0.3 is 4.52 Å². The van der Waals surface area contributed by atoms with E-state index < -0.39 is 0 Å². The molecule has 0 aliphatic heterocycles. The van der Waals surface area contributed by atoms with Gasteiger partial charge >= 0.3 is 0 Å². The first-order valence-electron chi connectivity index (χ1n) is 8.23. The molecule has 1 aliphatic carbocycles. The molecule has 7 nitrogen and oxygen atoms in total. The summed E-state index contributed by atoms with van der Waals surface area (Å²) in [6.45, 7) is 0. The molecule has 0 bridgehead atoms. The average molecular weight is 382 g/mol. The minimum absolute atomic E-state index is 0.467. The van der Waals surface area contributed by atoms with E-state index in [4.69, 9.17) is 4.52 Å². The highest BCUT2D eigenvalue weighted by atomic mass is 32.2. The van der Waals surface area contributed by atoms with Crippen molar-refractivity contribution in [3.05, 3.63) is 47.9 Å². The van der Waals surface area contributed by atoms with E-state index in [2.05, 4.69) is 29.9 Å². The maximum atomic E-state index is 5.35. The third-order valence-corrected chi connectivity index (χ3v) is 5.82. The molecule has 0 radical (unpaired) electrons. The predicted molar refractivity (Wildman–Crippen MR) is 98.7 cm³/mol. The SMILES string of the molecule is c1cncc(-c2nnc(SCc3noc(-c4cccs4)n3)n2C2CC2)c1. The van der Waals surface area contributed by atoms with E-state index in [9.17, 15) is 0 Å². The fraction of sp³-hybridized carbons (Fsp3) is 0.235. The van der Waals surface area contributed by atoms with Crippen LogP contribution in [-0.4, -0.2) is 29.9 Å². The molecule has 1 aliphatic rings. The van der Waals surface area contributed by atoms with E-state index in [0.717, 1.165) is 34.3 Å². The Labute approximate surface area is 157 Å². The van der Waals surface area contributed by atoms with Crippen molar-refractivity contribution in [1.82, 2.24) is 29.9 Å². The summed E-state index contributed by atoms with van der Waals surface area (Å²) in [5, 5.41) is 15.7. The van der Waals surface area contributed by atoms with Gasteiger partial charge in [0.05, 0.1) is 10.6 Å². The maximum Gasteiger partial charge on any atom is 0.268 e. The number of hydrogen-bond acceptors (Lipinski definition) is 8. The van der Waals surface area contributed by atoms with Crippen LogP contribution in [0.3, 0.4) is 0 Å². The molecule has 4 heterocycles. The summed E-state index contributed by atoms with van der Waals surface area (Å²) in [5.41, 5.74) is 0.985. The Balaban J connectivity index is 1.37. The molecule has 0 spiro atoms. The summed E-state index contributed by atoms with van der Waals surface area (Å²) in [6.07, 6.45) is 5.90. The van der Waals surface area contributed by atoms with Gasteiger partial charge in [0.2, 0.25) is 0 Å². The van der Waals surface area contributed by atoms with Gasteiger partial charge in [-0.25, -0.2) is 0 Å². The van der Waals surface area contributed by atoms with E-state index in [1.165, 1.54) is 0 Å². The number of nitrogens with zero attached hydrogens (tertiary/aromatic N) is 6. The molecule has 0 atom stereocenters. The molecule has 4 aromatic heterocycles. The molecular formula is C17H14N6OS2. The van der Waals surface area contributed by atoms with Crippen LogP contribution in [0.2, 0.25) is 0 Å². The van der Waals surface area contributed by atoms with Gasteiger partial charge in [-0.15, -0.1) is 21.5 Å². The van der Waals surface area contributed by atoms with E-state index in [1.807, 2.05) is 35.8 Å². The molecular weight excluding hydrogens is 368 g/mol. The fourth-order valence-corrected chi connectivity index (χ4v) is 4.16. The van der Waals surface area contributed by atoms with Crippen LogP contribution in [-0.2, 0) is 5.75 Å². The molecule has 130 valence electrons. The number of aromatic nitrogens is 6. The smallest absolute Gasteiger partial charge is 0.268 e. The van der Waals surface area contributed by atoms with Gasteiger partial charge in [-0.05, 0) is 36.4 Å². The second-order valence-electron chi connectivity index (χ2n) is 5.93. The van der Waals surface area contributed by atoms with Crippen molar-refractivity contribution >= 4 is 23.1 Å². The number of thioether (sulfide) groups is 1. The molecule has 0 saturated heterocycles. The number of hydrogen-bond donors (Lipinski definition) is 0. The van der Waals surface area contributed by atoms with Crippen molar-refractivity contribution in [2.24, 2.45) is 0 Å². The van der Waals surface area contributed by atoms with Gasteiger partial charge in [-0.2, -0.15) is 4.98 Å². The monoisotopic (exact) mass is 382 g/mol. The first-order valence-corrected chi connectivity index (χ1v) is 10.1. The predicted octanol–water partition coefficient (Wildman–Crippen LogP) is 4.08. The molecule has 1 fully saturated rings. The Morgan fingerprint density at radius 2 is 2.19 bits per heavy atom. The highest BCUT2D eigenvalue weighted by Gasteiger charge is 2.30. The Bertz CT molecular complexity index is 1010. The Kier molecular flexibility index (Phi) is 4.02. The molecule has 0 unspecified atom stereocenters. The van der Waals surface area contributed by atoms with Crippen LogP contribution in [0.4, 0.5) is 0 Å². The molecule has 0 aromatic carbocycles. The summed E-state index contributed by atoms with van der Waals surface area (Å²) in [5.74, 6) is 2.68. The number of thiophene rings is 1. The minimum Gasteiger partial charge on any atom is -0.333 e. The maximum absolute atomic E-state index is 5.35. The largest absolute Gasteiger partial charge is 0.333 e. The van der Waals surface area contributed by atoms with Gasteiger partial charge in [0, 0.05) is 24.0 Å². The van der Waals surface area contributed by atoms with Gasteiger partial charge in [0.25, 0.3) is 5.89 Å². The third-order valence-electron chi connectivity index (χ3n) is 4.03. The molecule has 26 heavy (non-hydrogen) atoms. The lowest BCUT2D eigenvalue weighted by molar-refractivity contribution is 0.426. The van der Waals surface area contributed by atoms with Crippen LogP contribution >= 0.6 is 23.1 Å². The summed E-state index contributed by atoms with van der Waals surface area (Å²) in [6, 6.07) is 8.33. The van der Waals surface area contributed by atoms with Crippen LogP contribution in [0.15, 0.2) is 51.7 Å². The zero-order chi connectivity index (χ0) is 17.3. The van der Waals surface area contributed by atoms with E-state index in [1.54, 1.807) is 29.3 Å². The molecule has 5 rings (SSSR count). The minimum atomic E-state index is 0.467. The van der Waals surface area contributed by atoms with Crippen molar-refractivity contribution in [3.63, 3.8) is 0 Å². The Hall–Kier alpha value is -2.52. The molecule has 0 amide bonds. The van der Waals surface area contributed by atoms with E-state index in [0.29, 0.717) is 23.5 Å². The van der Waals surface area contributed by atoms with Crippen molar-refractivity contribution in [2.45, 2.75) is 29.8 Å². The molecule has 1 saturated carbocycles. The standard InChI is InChI=1S/C17H14N6OS2/c1-3-11(9-18-7-1)15-20-21-17(23(15)12-5-6-12)26-10-14-19-16(24-22-14)13-4-2-8-25-13/h1-4,7-9,12H,5-6,10H2. The highest BCUT2D eigenvalue weighted by Crippen LogP contribution is 2.41. The molecule has 9 heteroatoms. The molecule has 4 aromatic rings. The quantitative estimate of drug-likeness (QED) is 0.465. The summed E-state index contributed by atoms with van der Waals surface area (Å²) in [7, 11) is 0. The van der Waals surface area contributed by atoms with E-state index in [-0.39, 0.29) is 0 Å². The average Bonchev–Trinajstić information content (AvgIpc) is 3.10. The number of pyridine rings is 1. The second kappa shape index (κ2) is 6.65. The lowest BCUT2D eigenvalue weighted by atomic mass is 10.3. The lowest BCUT2D eigenvalue weighted by Crippen LogP contribution is -2.00. The Morgan fingerprint density at radius 3 is 2.96 bits per heavy atom. The van der Waals surface area contributed by atoms with Gasteiger partial charge in [-0.3, -0.25) is 9.55 Å². The first-order chi connectivity index (χ1) is 12.9. The van der Waals surface area contributed by atoms with Crippen LogP contribution in [0.1, 0.15) is 24.7 Å². The van der Waals surface area contributed by atoms with Gasteiger partial charge in [0.15, 0.2) is 16.8 Å². The first kappa shape index (κ1) is 15.7. The Morgan fingerprint density at radius 1 is 1.23 bits per heavy atom. The van der Waals surface area contributed by atoms with Gasteiger partial charge in [0.1, 0.15) is 0 Å². The highest BCUT2D eigenvalue weighted by molar-refractivity contribution is 7.98. The number of rotatable bonds is 6. The summed E-state index contributed by atoms with van der Waals surface area (Å²) >= 11 is 3.17. The van der Waals surface area contributed by atoms with Crippen molar-refractivity contribution in [1.29, 1.82) is 0 Å². The van der Waals surface area contributed by atoms with Crippen LogP contribution in [0.5, 0.6) is 0 Å². The van der Waals surface area contributed by atoms with Crippen LogP contribution in [0.25, 0.3) is 22.2 Å². The van der Waals surface area contributed by atoms with E-state index >= 15 is 0 Å². The zero-order valence-corrected chi connectivity index (χ0v) is 15.3. The van der Waals surface area contributed by atoms with Crippen molar-refractivity contribution in [2.75, 3.05) is 0 Å². The lowest BCUT2D eigenvalue weighted by Gasteiger charge is -2.07. The molecule has 0 N–H and O–H groups in total. The van der Waals surface area contributed by atoms with Crippen LogP contribution in [0, 0.1) is 0 Å². The zero-order valence-electron chi connectivity index (χ0n) is 13.6. The summed E-state index contributed by atoms with van der Waals surface area (Å²) in [4.78, 5) is 9.64. The topological polar surface area (TPSA) is 82.5 Å².